The van der Waals surface area contributed by atoms with E-state index in [2.05, 4.69) is 5.32 Å². The largest absolute Gasteiger partial charge is 0.396 e. The molecule has 0 saturated heterocycles. The minimum absolute atomic E-state index is 0.0522. The number of hydrogen-bond donors (Lipinski definition) is 2. The second-order valence-corrected chi connectivity index (χ2v) is 6.37. The molecule has 0 radical (unpaired) electrons. The van der Waals surface area contributed by atoms with Crippen LogP contribution in [0.2, 0.25) is 0 Å². The Hall–Kier alpha value is -1.98. The predicted octanol–water partition coefficient (Wildman–Crippen LogP) is 3.22. The van der Waals surface area contributed by atoms with E-state index in [1.165, 1.54) is 17.4 Å². The van der Waals surface area contributed by atoms with E-state index in [1.807, 2.05) is 12.2 Å². The predicted molar refractivity (Wildman–Crippen MR) is 85.3 cm³/mol. The maximum atomic E-state index is 13.8. The second-order valence-electron chi connectivity index (χ2n) is 5.29. The van der Waals surface area contributed by atoms with Gasteiger partial charge < -0.3 is 10.4 Å². The van der Waals surface area contributed by atoms with Gasteiger partial charge in [-0.25, -0.2) is 4.39 Å². The number of carbonyl (C=O) groups excluding carboxylic acids is 1. The van der Waals surface area contributed by atoms with Gasteiger partial charge in [-0.1, -0.05) is 30.4 Å². The van der Waals surface area contributed by atoms with Crippen molar-refractivity contribution in [1.82, 2.24) is 5.32 Å². The smallest absolute Gasteiger partial charge is 0.261 e. The minimum atomic E-state index is -0.291. The van der Waals surface area contributed by atoms with Crippen LogP contribution < -0.4 is 5.32 Å². The quantitative estimate of drug-likeness (QED) is 0.851. The Labute approximate surface area is 132 Å². The highest BCUT2D eigenvalue weighted by Gasteiger charge is 2.21. The van der Waals surface area contributed by atoms with E-state index in [4.69, 9.17) is 5.11 Å². The number of thiophene rings is 1. The van der Waals surface area contributed by atoms with Crippen molar-refractivity contribution < 1.29 is 14.3 Å². The summed E-state index contributed by atoms with van der Waals surface area (Å²) in [7, 11) is 0. The van der Waals surface area contributed by atoms with Crippen LogP contribution in [0.5, 0.6) is 0 Å². The van der Waals surface area contributed by atoms with Crippen molar-refractivity contribution in [2.75, 3.05) is 6.61 Å². The van der Waals surface area contributed by atoms with Gasteiger partial charge in [-0.05, 0) is 24.6 Å². The van der Waals surface area contributed by atoms with Crippen LogP contribution in [-0.4, -0.2) is 23.7 Å². The van der Waals surface area contributed by atoms with Gasteiger partial charge >= 0.3 is 0 Å². The minimum Gasteiger partial charge on any atom is -0.396 e. The second kappa shape index (κ2) is 6.42. The maximum absolute atomic E-state index is 13.8. The summed E-state index contributed by atoms with van der Waals surface area (Å²) in [5.74, 6) is -0.343. The molecule has 1 aliphatic carbocycles. The topological polar surface area (TPSA) is 49.3 Å². The number of hydrogen-bond acceptors (Lipinski definition) is 3. The van der Waals surface area contributed by atoms with E-state index in [-0.39, 0.29) is 30.3 Å². The summed E-state index contributed by atoms with van der Waals surface area (Å²) in [6.07, 6.45) is 4.54. The van der Waals surface area contributed by atoms with Gasteiger partial charge in [-0.2, -0.15) is 0 Å². The van der Waals surface area contributed by atoms with E-state index in [9.17, 15) is 9.18 Å². The zero-order valence-electron chi connectivity index (χ0n) is 11.8. The third kappa shape index (κ3) is 3.10. The van der Waals surface area contributed by atoms with Crippen LogP contribution in [0, 0.1) is 11.7 Å². The Balaban J connectivity index is 1.70. The average Bonchev–Trinajstić information content (AvgIpc) is 3.16. The van der Waals surface area contributed by atoms with Crippen molar-refractivity contribution in [2.45, 2.75) is 12.5 Å². The molecule has 0 fully saturated rings. The third-order valence-electron chi connectivity index (χ3n) is 3.69. The number of carbonyl (C=O) groups is 1. The molecule has 0 bridgehead atoms. The van der Waals surface area contributed by atoms with Crippen LogP contribution in [0.4, 0.5) is 4.39 Å². The van der Waals surface area contributed by atoms with Crippen molar-refractivity contribution in [1.29, 1.82) is 0 Å². The van der Waals surface area contributed by atoms with Crippen LogP contribution in [-0.2, 0) is 0 Å². The van der Waals surface area contributed by atoms with Gasteiger partial charge in [0.25, 0.3) is 5.91 Å². The normalized spacial score (nSPS) is 20.3. The van der Waals surface area contributed by atoms with Crippen LogP contribution in [0.15, 0.2) is 48.6 Å². The van der Waals surface area contributed by atoms with E-state index >= 15 is 0 Å². The molecule has 114 valence electrons. The molecular formula is C17H16FNO2S. The molecule has 0 saturated carbocycles. The Morgan fingerprint density at radius 3 is 2.82 bits per heavy atom. The molecule has 0 aliphatic heterocycles. The highest BCUT2D eigenvalue weighted by Crippen LogP contribution is 2.30. The molecule has 5 heteroatoms. The highest BCUT2D eigenvalue weighted by atomic mass is 32.1. The Morgan fingerprint density at radius 2 is 2.09 bits per heavy atom. The Bertz CT molecular complexity index is 710. The average molecular weight is 317 g/mol. The first-order valence-corrected chi connectivity index (χ1v) is 7.94. The summed E-state index contributed by atoms with van der Waals surface area (Å²) in [4.78, 5) is 13.5. The summed E-state index contributed by atoms with van der Waals surface area (Å²) >= 11 is 1.27. The van der Waals surface area contributed by atoms with Gasteiger partial charge in [-0.15, -0.1) is 11.3 Å². The van der Waals surface area contributed by atoms with Gasteiger partial charge in [0.1, 0.15) is 5.82 Å². The van der Waals surface area contributed by atoms with E-state index < -0.39 is 0 Å². The maximum Gasteiger partial charge on any atom is 0.261 e. The van der Waals surface area contributed by atoms with Crippen molar-refractivity contribution in [3.63, 3.8) is 0 Å². The number of halogens is 1. The number of amides is 1. The summed E-state index contributed by atoms with van der Waals surface area (Å²) in [6.45, 7) is 0.0965. The van der Waals surface area contributed by atoms with Crippen LogP contribution in [0.3, 0.4) is 0 Å². The summed E-state index contributed by atoms with van der Waals surface area (Å²) in [6, 6.07) is 9.95. The highest BCUT2D eigenvalue weighted by molar-refractivity contribution is 7.17. The number of benzene rings is 1. The molecule has 1 amide bonds. The Morgan fingerprint density at radius 1 is 1.27 bits per heavy atom. The lowest BCUT2D eigenvalue weighted by atomic mass is 10.1. The van der Waals surface area contributed by atoms with Crippen molar-refractivity contribution in [2.24, 2.45) is 5.92 Å². The summed E-state index contributed by atoms with van der Waals surface area (Å²) in [5, 5.41) is 12.0. The van der Waals surface area contributed by atoms with E-state index in [0.717, 1.165) is 4.88 Å². The fourth-order valence-electron chi connectivity index (χ4n) is 2.52. The SMILES string of the molecule is O=C(N[C@@H]1C=C[C@H](CO)C1)c1ccc(-c2ccccc2F)s1. The number of aliphatic hydroxyl groups excluding tert-OH is 1. The van der Waals surface area contributed by atoms with Crippen LogP contribution in [0.25, 0.3) is 10.4 Å². The van der Waals surface area contributed by atoms with Crippen LogP contribution >= 0.6 is 11.3 Å². The molecule has 22 heavy (non-hydrogen) atoms. The van der Waals surface area contributed by atoms with Crippen molar-refractivity contribution in [3.05, 3.63) is 59.2 Å². The number of aliphatic hydroxyl groups is 1. The molecule has 3 nitrogen and oxygen atoms in total. The lowest BCUT2D eigenvalue weighted by Gasteiger charge is -2.11. The standard InChI is InChI=1S/C17H16FNO2S/c18-14-4-2-1-3-13(14)15-7-8-16(22-15)17(21)19-12-6-5-11(9-12)10-20/h1-8,11-12,20H,9-10H2,(H,19,21)/t11-,12+/m0/s1. The lowest BCUT2D eigenvalue weighted by Crippen LogP contribution is -2.32. The molecule has 1 aromatic carbocycles. The molecule has 0 spiro atoms. The van der Waals surface area contributed by atoms with Gasteiger partial charge in [0.2, 0.25) is 0 Å². The van der Waals surface area contributed by atoms with Gasteiger partial charge in [0, 0.05) is 29.0 Å². The first kappa shape index (κ1) is 14.9. The fourth-order valence-corrected chi connectivity index (χ4v) is 3.46. The molecule has 1 heterocycles. The molecule has 3 rings (SSSR count). The molecule has 1 aliphatic rings. The molecule has 2 N–H and O–H groups in total. The molecule has 2 aromatic rings. The van der Waals surface area contributed by atoms with Crippen molar-refractivity contribution >= 4 is 17.2 Å². The zero-order valence-corrected chi connectivity index (χ0v) is 12.6. The van der Waals surface area contributed by atoms with Gasteiger partial charge in [0.05, 0.1) is 4.88 Å². The number of rotatable bonds is 4. The zero-order chi connectivity index (χ0) is 15.5. The molecule has 1 aromatic heterocycles. The van der Waals surface area contributed by atoms with Gasteiger partial charge in [-0.3, -0.25) is 4.79 Å². The molecular weight excluding hydrogens is 301 g/mol. The Kier molecular flexibility index (Phi) is 4.36. The number of nitrogens with one attached hydrogen (secondary N) is 1. The third-order valence-corrected chi connectivity index (χ3v) is 4.81. The molecule has 0 unspecified atom stereocenters. The fraction of sp³-hybridized carbons (Fsp3) is 0.235. The lowest BCUT2D eigenvalue weighted by molar-refractivity contribution is 0.0945. The summed E-state index contributed by atoms with van der Waals surface area (Å²) < 4.78 is 13.8. The van der Waals surface area contributed by atoms with Gasteiger partial charge in [0.15, 0.2) is 0 Å². The monoisotopic (exact) mass is 317 g/mol. The first-order valence-electron chi connectivity index (χ1n) is 7.12. The molecule has 2 atom stereocenters. The van der Waals surface area contributed by atoms with E-state index in [1.54, 1.807) is 30.3 Å². The first-order chi connectivity index (χ1) is 10.7. The van der Waals surface area contributed by atoms with E-state index in [0.29, 0.717) is 16.9 Å². The van der Waals surface area contributed by atoms with Crippen LogP contribution in [0.1, 0.15) is 16.1 Å². The van der Waals surface area contributed by atoms with Crippen molar-refractivity contribution in [3.8, 4) is 10.4 Å². The summed E-state index contributed by atoms with van der Waals surface area (Å²) in [5.41, 5.74) is 0.507.